The van der Waals surface area contributed by atoms with E-state index in [0.717, 1.165) is 35.5 Å². The van der Waals surface area contributed by atoms with E-state index in [2.05, 4.69) is 52.3 Å². The van der Waals surface area contributed by atoms with Gasteiger partial charge in [0.2, 0.25) is 5.91 Å². The lowest BCUT2D eigenvalue weighted by Crippen LogP contribution is -2.54. The highest BCUT2D eigenvalue weighted by molar-refractivity contribution is 5.79. The minimum absolute atomic E-state index is 0.0243. The van der Waals surface area contributed by atoms with Gasteiger partial charge < -0.3 is 25.4 Å². The Bertz CT molecular complexity index is 1290. The molecule has 40 heavy (non-hydrogen) atoms. The Morgan fingerprint density at radius 1 is 0.925 bits per heavy atom. The molecule has 5 rings (SSSR count). The number of rotatable bonds is 7. The maximum atomic E-state index is 13.6. The lowest BCUT2D eigenvalue weighted by Gasteiger charge is -2.41. The molecule has 2 heterocycles. The topological polar surface area (TPSA) is 88.7 Å². The van der Waals surface area contributed by atoms with Crippen LogP contribution in [0.5, 0.6) is 11.5 Å². The van der Waals surface area contributed by atoms with Crippen molar-refractivity contribution in [3.05, 3.63) is 95.6 Å². The standard InChI is InChI=1S/C33H39N3O4/c1-32(2,3)40-31(38)36-25-19-24(20-34-21-25)30(37)35-22-33(18-17-23-11-5-4-6-12-23)26-13-7-9-15-28(26)39-29-16-10-8-14-27(29)33/h4-16,24-25,34H,17-22H2,1-3H3,(H,35,37)(H,36,38)/t24-,25+/m0/s1. The SMILES string of the molecule is CC(C)(C)OC(=O)N[C@H]1CNC[C@@H](C(=O)NCC2(CCc3ccccc3)c3ccccc3Oc3ccccc32)C1. The first-order valence-corrected chi connectivity index (χ1v) is 14.1. The van der Waals surface area contributed by atoms with Crippen LogP contribution in [0.3, 0.4) is 0 Å². The number of aryl methyl sites for hydroxylation is 1. The molecule has 210 valence electrons. The van der Waals surface area contributed by atoms with Crippen LogP contribution in [0.2, 0.25) is 0 Å². The smallest absolute Gasteiger partial charge is 0.407 e. The van der Waals surface area contributed by atoms with E-state index >= 15 is 0 Å². The van der Waals surface area contributed by atoms with Crippen LogP contribution in [0.4, 0.5) is 4.79 Å². The van der Waals surface area contributed by atoms with Crippen LogP contribution in [-0.2, 0) is 21.4 Å². The van der Waals surface area contributed by atoms with E-state index in [4.69, 9.17) is 9.47 Å². The summed E-state index contributed by atoms with van der Waals surface area (Å²) in [6.45, 7) is 7.11. The van der Waals surface area contributed by atoms with Gasteiger partial charge in [0.15, 0.2) is 0 Å². The first-order valence-electron chi connectivity index (χ1n) is 14.1. The van der Waals surface area contributed by atoms with Gasteiger partial charge in [-0.3, -0.25) is 4.79 Å². The molecule has 7 heteroatoms. The van der Waals surface area contributed by atoms with Gasteiger partial charge in [-0.1, -0.05) is 66.7 Å². The van der Waals surface area contributed by atoms with Crippen molar-refractivity contribution in [2.24, 2.45) is 5.92 Å². The van der Waals surface area contributed by atoms with E-state index in [9.17, 15) is 9.59 Å². The van der Waals surface area contributed by atoms with Gasteiger partial charge in [0, 0.05) is 42.2 Å². The molecule has 0 radical (unpaired) electrons. The van der Waals surface area contributed by atoms with Crippen LogP contribution in [0, 0.1) is 5.92 Å². The number of nitrogens with one attached hydrogen (secondary N) is 3. The molecule has 3 aromatic rings. The third-order valence-electron chi connectivity index (χ3n) is 7.72. The Morgan fingerprint density at radius 2 is 1.55 bits per heavy atom. The molecular weight excluding hydrogens is 502 g/mol. The van der Waals surface area contributed by atoms with Crippen LogP contribution in [0.25, 0.3) is 0 Å². The van der Waals surface area contributed by atoms with Gasteiger partial charge in [0.25, 0.3) is 0 Å². The Labute approximate surface area is 236 Å². The van der Waals surface area contributed by atoms with Crippen molar-refractivity contribution in [3.8, 4) is 11.5 Å². The normalized spacial score (nSPS) is 19.4. The Hall–Kier alpha value is -3.84. The summed E-state index contributed by atoms with van der Waals surface area (Å²) in [7, 11) is 0. The first-order chi connectivity index (χ1) is 19.2. The summed E-state index contributed by atoms with van der Waals surface area (Å²) in [6, 6.07) is 26.5. The molecule has 2 amide bonds. The van der Waals surface area contributed by atoms with E-state index in [1.165, 1.54) is 5.56 Å². The molecule has 0 spiro atoms. The highest BCUT2D eigenvalue weighted by Crippen LogP contribution is 2.50. The average Bonchev–Trinajstić information content (AvgIpc) is 2.94. The number of fused-ring (bicyclic) bond motifs is 2. The Kier molecular flexibility index (Phi) is 8.12. The molecule has 2 atom stereocenters. The number of alkyl carbamates (subject to hydrolysis) is 1. The summed E-state index contributed by atoms with van der Waals surface area (Å²) < 4.78 is 11.7. The fraction of sp³-hybridized carbons (Fsp3) is 0.394. The number of ether oxygens (including phenoxy) is 2. The zero-order valence-corrected chi connectivity index (χ0v) is 23.5. The molecular formula is C33H39N3O4. The molecule has 0 aromatic heterocycles. The Morgan fingerprint density at radius 3 is 2.20 bits per heavy atom. The molecule has 0 bridgehead atoms. The minimum Gasteiger partial charge on any atom is -0.457 e. The molecule has 1 fully saturated rings. The second-order valence-corrected chi connectivity index (χ2v) is 11.8. The number of carbonyl (C=O) groups excluding carboxylic acids is 2. The summed E-state index contributed by atoms with van der Waals surface area (Å²) in [5.74, 6) is 1.35. The maximum Gasteiger partial charge on any atom is 0.407 e. The number of hydrogen-bond donors (Lipinski definition) is 3. The van der Waals surface area contributed by atoms with Gasteiger partial charge in [0.05, 0.1) is 5.92 Å². The number of amides is 2. The van der Waals surface area contributed by atoms with Gasteiger partial charge in [-0.15, -0.1) is 0 Å². The van der Waals surface area contributed by atoms with Crippen molar-refractivity contribution >= 4 is 12.0 Å². The van der Waals surface area contributed by atoms with Crippen LogP contribution >= 0.6 is 0 Å². The fourth-order valence-electron chi connectivity index (χ4n) is 5.82. The van der Waals surface area contributed by atoms with Crippen molar-refractivity contribution in [1.29, 1.82) is 0 Å². The van der Waals surface area contributed by atoms with Crippen molar-refractivity contribution in [3.63, 3.8) is 0 Å². The average molecular weight is 542 g/mol. The quantitative estimate of drug-likeness (QED) is 0.376. The van der Waals surface area contributed by atoms with Crippen LogP contribution in [-0.4, -0.2) is 43.3 Å². The molecule has 0 unspecified atom stereocenters. The zero-order valence-electron chi connectivity index (χ0n) is 23.5. The van der Waals surface area contributed by atoms with Crippen LogP contribution in [0.15, 0.2) is 78.9 Å². The van der Waals surface area contributed by atoms with Gasteiger partial charge in [-0.25, -0.2) is 4.79 Å². The fourth-order valence-corrected chi connectivity index (χ4v) is 5.82. The largest absolute Gasteiger partial charge is 0.457 e. The number of carbonyl (C=O) groups is 2. The van der Waals surface area contributed by atoms with Crippen LogP contribution in [0.1, 0.15) is 50.3 Å². The number of para-hydroxylation sites is 2. The van der Waals surface area contributed by atoms with Crippen molar-refractivity contribution < 1.29 is 19.1 Å². The van der Waals surface area contributed by atoms with E-state index in [1.54, 1.807) is 0 Å². The summed E-state index contributed by atoms with van der Waals surface area (Å²) in [6.07, 6.45) is 1.74. The highest BCUT2D eigenvalue weighted by atomic mass is 16.6. The summed E-state index contributed by atoms with van der Waals surface area (Å²) in [5.41, 5.74) is 2.37. The molecule has 2 aliphatic rings. The minimum atomic E-state index is -0.576. The zero-order chi connectivity index (χ0) is 28.2. The van der Waals surface area contributed by atoms with Gasteiger partial charge in [0.1, 0.15) is 17.1 Å². The van der Waals surface area contributed by atoms with Crippen molar-refractivity contribution in [2.75, 3.05) is 19.6 Å². The second kappa shape index (κ2) is 11.7. The molecule has 3 aromatic carbocycles. The van der Waals surface area contributed by atoms with Gasteiger partial charge in [-0.2, -0.15) is 0 Å². The van der Waals surface area contributed by atoms with E-state index < -0.39 is 17.1 Å². The lowest BCUT2D eigenvalue weighted by atomic mass is 9.68. The highest BCUT2D eigenvalue weighted by Gasteiger charge is 2.42. The molecule has 1 saturated heterocycles. The maximum absolute atomic E-state index is 13.6. The van der Waals surface area contributed by atoms with E-state index in [0.29, 0.717) is 26.1 Å². The third kappa shape index (κ3) is 6.31. The van der Waals surface area contributed by atoms with Crippen molar-refractivity contribution in [2.45, 2.75) is 57.1 Å². The first kappa shape index (κ1) is 27.7. The number of hydrogen-bond acceptors (Lipinski definition) is 5. The molecule has 2 aliphatic heterocycles. The number of benzene rings is 3. The van der Waals surface area contributed by atoms with Crippen LogP contribution < -0.4 is 20.7 Å². The summed E-state index contributed by atoms with van der Waals surface area (Å²) >= 11 is 0. The molecule has 7 nitrogen and oxygen atoms in total. The van der Waals surface area contributed by atoms with Gasteiger partial charge >= 0.3 is 6.09 Å². The van der Waals surface area contributed by atoms with Crippen molar-refractivity contribution in [1.82, 2.24) is 16.0 Å². The molecule has 0 saturated carbocycles. The van der Waals surface area contributed by atoms with Gasteiger partial charge in [-0.05, 0) is 57.7 Å². The van der Waals surface area contributed by atoms with E-state index in [1.807, 2.05) is 63.2 Å². The molecule has 3 N–H and O–H groups in total. The Balaban J connectivity index is 1.36. The third-order valence-corrected chi connectivity index (χ3v) is 7.72. The molecule has 0 aliphatic carbocycles. The predicted octanol–water partition coefficient (Wildman–Crippen LogP) is 5.33. The number of piperidine rings is 1. The summed E-state index contributed by atoms with van der Waals surface area (Å²) in [5, 5.41) is 9.54. The predicted molar refractivity (Wildman–Crippen MR) is 156 cm³/mol. The lowest BCUT2D eigenvalue weighted by molar-refractivity contribution is -0.126. The van der Waals surface area contributed by atoms with E-state index in [-0.39, 0.29) is 17.9 Å². The monoisotopic (exact) mass is 541 g/mol. The second-order valence-electron chi connectivity index (χ2n) is 11.8. The summed E-state index contributed by atoms with van der Waals surface area (Å²) in [4.78, 5) is 25.9.